The van der Waals surface area contributed by atoms with Crippen LogP contribution in [0.25, 0.3) is 23.3 Å². The SMILES string of the molecule is C=C(C)/C=c1\c(=CC)cc(-c2cc(NC(=C)N)ccc2C)c(=O)n1C. The van der Waals surface area contributed by atoms with E-state index in [0.29, 0.717) is 11.4 Å². The van der Waals surface area contributed by atoms with Crippen molar-refractivity contribution in [1.29, 1.82) is 0 Å². The first-order chi connectivity index (χ1) is 11.7. The van der Waals surface area contributed by atoms with Crippen LogP contribution in [0.2, 0.25) is 0 Å². The van der Waals surface area contributed by atoms with E-state index >= 15 is 0 Å². The molecule has 0 amide bonds. The molecular formula is C21H25N3O. The lowest BCUT2D eigenvalue weighted by molar-refractivity contribution is 0.820. The molecule has 0 aliphatic carbocycles. The van der Waals surface area contributed by atoms with Crippen LogP contribution in [-0.4, -0.2) is 4.57 Å². The number of pyridine rings is 1. The highest BCUT2D eigenvalue weighted by atomic mass is 16.1. The summed E-state index contributed by atoms with van der Waals surface area (Å²) in [6.45, 7) is 13.4. The molecule has 25 heavy (non-hydrogen) atoms. The predicted molar refractivity (Wildman–Crippen MR) is 107 cm³/mol. The first-order valence-corrected chi connectivity index (χ1v) is 8.10. The fourth-order valence-corrected chi connectivity index (χ4v) is 2.79. The summed E-state index contributed by atoms with van der Waals surface area (Å²) in [5, 5.41) is 4.83. The minimum absolute atomic E-state index is 0.0510. The lowest BCUT2D eigenvalue weighted by Gasteiger charge is -2.12. The van der Waals surface area contributed by atoms with Crippen LogP contribution in [0.1, 0.15) is 19.4 Å². The Morgan fingerprint density at radius 1 is 1.24 bits per heavy atom. The summed E-state index contributed by atoms with van der Waals surface area (Å²) in [6.07, 6.45) is 3.92. The maximum absolute atomic E-state index is 13.0. The van der Waals surface area contributed by atoms with Gasteiger partial charge in [-0.25, -0.2) is 0 Å². The fourth-order valence-electron chi connectivity index (χ4n) is 2.79. The Kier molecular flexibility index (Phi) is 5.32. The fraction of sp³-hybridized carbons (Fsp3) is 0.190. The molecule has 0 aliphatic rings. The zero-order valence-corrected chi connectivity index (χ0v) is 15.3. The largest absolute Gasteiger partial charge is 0.386 e. The maximum atomic E-state index is 13.0. The highest BCUT2D eigenvalue weighted by Crippen LogP contribution is 2.23. The van der Waals surface area contributed by atoms with Gasteiger partial charge in [-0.1, -0.05) is 30.9 Å². The number of nitrogens with two attached hydrogens (primary N) is 1. The van der Waals surface area contributed by atoms with Crippen molar-refractivity contribution in [3.8, 4) is 11.1 Å². The number of anilines is 1. The molecule has 0 spiro atoms. The van der Waals surface area contributed by atoms with Crippen LogP contribution in [0.15, 0.2) is 53.6 Å². The van der Waals surface area contributed by atoms with Gasteiger partial charge in [0, 0.05) is 18.3 Å². The van der Waals surface area contributed by atoms with Crippen LogP contribution in [-0.2, 0) is 7.05 Å². The average molecular weight is 335 g/mol. The van der Waals surface area contributed by atoms with Gasteiger partial charge in [-0.2, -0.15) is 0 Å². The zero-order valence-electron chi connectivity index (χ0n) is 15.3. The molecule has 4 heteroatoms. The Balaban J connectivity index is 2.82. The third-order valence-electron chi connectivity index (χ3n) is 4.02. The standard InChI is InChI=1S/C21H25N3O/c1-7-16-11-19(21(25)24(6)20(16)10-13(2)3)18-12-17(23-15(5)22)9-8-14(18)4/h7-12,23H,2,5,22H2,1,3-4,6H3/b16-7?,20-10+. The van der Waals surface area contributed by atoms with E-state index in [2.05, 4.69) is 18.5 Å². The van der Waals surface area contributed by atoms with Crippen molar-refractivity contribution in [1.82, 2.24) is 4.57 Å². The van der Waals surface area contributed by atoms with Gasteiger partial charge in [-0.05, 0) is 61.4 Å². The lowest BCUT2D eigenvalue weighted by Crippen LogP contribution is -2.42. The summed E-state index contributed by atoms with van der Waals surface area (Å²) in [6, 6.07) is 7.73. The van der Waals surface area contributed by atoms with E-state index in [1.165, 1.54) is 0 Å². The van der Waals surface area contributed by atoms with Crippen LogP contribution in [0, 0.1) is 6.92 Å². The number of nitrogens with one attached hydrogen (secondary N) is 1. The number of rotatable bonds is 4. The monoisotopic (exact) mass is 335 g/mol. The minimum atomic E-state index is -0.0510. The molecule has 0 fully saturated rings. The van der Waals surface area contributed by atoms with Crippen LogP contribution in [0.3, 0.4) is 0 Å². The van der Waals surface area contributed by atoms with E-state index in [1.807, 2.05) is 57.2 Å². The predicted octanol–water partition coefficient (Wildman–Crippen LogP) is 2.36. The van der Waals surface area contributed by atoms with Gasteiger partial charge < -0.3 is 15.6 Å². The van der Waals surface area contributed by atoms with Crippen molar-refractivity contribution < 1.29 is 0 Å². The van der Waals surface area contributed by atoms with Crippen LogP contribution >= 0.6 is 0 Å². The number of aromatic nitrogens is 1. The second-order valence-electron chi connectivity index (χ2n) is 6.22. The van der Waals surface area contributed by atoms with Crippen molar-refractivity contribution >= 4 is 17.8 Å². The number of aryl methyl sites for hydroxylation is 1. The molecule has 0 unspecified atom stereocenters. The Morgan fingerprint density at radius 3 is 2.48 bits per heavy atom. The molecule has 0 saturated heterocycles. The van der Waals surface area contributed by atoms with Gasteiger partial charge in [0.25, 0.3) is 5.56 Å². The lowest BCUT2D eigenvalue weighted by atomic mass is 10.00. The van der Waals surface area contributed by atoms with Gasteiger partial charge in [0.2, 0.25) is 0 Å². The summed E-state index contributed by atoms with van der Waals surface area (Å²) in [5.41, 5.74) is 9.82. The summed E-state index contributed by atoms with van der Waals surface area (Å²) in [4.78, 5) is 13.0. The third-order valence-corrected chi connectivity index (χ3v) is 4.02. The van der Waals surface area contributed by atoms with Crippen molar-refractivity contribution in [2.45, 2.75) is 20.8 Å². The normalized spacial score (nSPS) is 12.3. The van der Waals surface area contributed by atoms with Gasteiger partial charge in [0.05, 0.1) is 11.2 Å². The Labute approximate surface area is 148 Å². The van der Waals surface area contributed by atoms with Crippen LogP contribution in [0.4, 0.5) is 5.69 Å². The quantitative estimate of drug-likeness (QED) is 0.902. The Morgan fingerprint density at radius 2 is 1.92 bits per heavy atom. The van der Waals surface area contributed by atoms with E-state index in [9.17, 15) is 4.79 Å². The van der Waals surface area contributed by atoms with E-state index in [1.54, 1.807) is 11.6 Å². The molecule has 2 rings (SSSR count). The molecule has 0 saturated carbocycles. The van der Waals surface area contributed by atoms with Gasteiger partial charge in [-0.3, -0.25) is 4.79 Å². The number of benzene rings is 1. The van der Waals surface area contributed by atoms with Crippen molar-refractivity contribution in [2.75, 3.05) is 5.32 Å². The summed E-state index contributed by atoms with van der Waals surface area (Å²) in [7, 11) is 1.78. The first kappa shape index (κ1) is 18.3. The molecule has 3 N–H and O–H groups in total. The summed E-state index contributed by atoms with van der Waals surface area (Å²) >= 11 is 0. The van der Waals surface area contributed by atoms with Gasteiger partial charge >= 0.3 is 0 Å². The van der Waals surface area contributed by atoms with Crippen molar-refractivity contribution in [2.24, 2.45) is 12.8 Å². The van der Waals surface area contributed by atoms with Crippen LogP contribution in [0.5, 0.6) is 0 Å². The first-order valence-electron chi connectivity index (χ1n) is 8.10. The summed E-state index contributed by atoms with van der Waals surface area (Å²) in [5.74, 6) is 0.358. The number of nitrogens with zero attached hydrogens (tertiary/aromatic N) is 1. The highest BCUT2D eigenvalue weighted by Gasteiger charge is 2.10. The third kappa shape index (κ3) is 3.91. The number of hydrogen-bond acceptors (Lipinski definition) is 3. The molecule has 0 radical (unpaired) electrons. The molecule has 1 aromatic carbocycles. The van der Waals surface area contributed by atoms with Crippen molar-refractivity contribution in [3.63, 3.8) is 0 Å². The summed E-state index contributed by atoms with van der Waals surface area (Å²) < 4.78 is 1.67. The molecule has 0 atom stereocenters. The van der Waals surface area contributed by atoms with E-state index < -0.39 is 0 Å². The average Bonchev–Trinajstić information content (AvgIpc) is 2.53. The molecule has 0 aliphatic heterocycles. The molecule has 1 heterocycles. The molecule has 4 nitrogen and oxygen atoms in total. The maximum Gasteiger partial charge on any atom is 0.258 e. The van der Waals surface area contributed by atoms with E-state index in [-0.39, 0.29) is 5.56 Å². The van der Waals surface area contributed by atoms with Crippen LogP contribution < -0.4 is 27.2 Å². The number of allylic oxidation sites excluding steroid dienone is 1. The van der Waals surface area contributed by atoms with Gasteiger partial charge in [0.1, 0.15) is 0 Å². The minimum Gasteiger partial charge on any atom is -0.386 e. The second kappa shape index (κ2) is 7.26. The second-order valence-corrected chi connectivity index (χ2v) is 6.22. The van der Waals surface area contributed by atoms with Gasteiger partial charge in [-0.15, -0.1) is 0 Å². The van der Waals surface area contributed by atoms with Gasteiger partial charge in [0.15, 0.2) is 0 Å². The molecular weight excluding hydrogens is 310 g/mol. The van der Waals surface area contributed by atoms with Crippen molar-refractivity contribution in [3.05, 3.63) is 75.3 Å². The number of hydrogen-bond donors (Lipinski definition) is 2. The molecule has 1 aromatic heterocycles. The molecule has 130 valence electrons. The zero-order chi connectivity index (χ0) is 18.7. The highest BCUT2D eigenvalue weighted by molar-refractivity contribution is 5.71. The smallest absolute Gasteiger partial charge is 0.258 e. The van der Waals surface area contributed by atoms with E-state index in [4.69, 9.17) is 5.73 Å². The molecule has 2 aromatic rings. The topological polar surface area (TPSA) is 60.0 Å². The molecule has 0 bridgehead atoms. The Bertz CT molecular complexity index is 1030. The Hall–Kier alpha value is -3.01. The van der Waals surface area contributed by atoms with E-state index in [0.717, 1.165) is 33.0 Å².